The summed E-state index contributed by atoms with van der Waals surface area (Å²) < 4.78 is 0. The van der Waals surface area contributed by atoms with E-state index in [0.717, 1.165) is 30.4 Å². The van der Waals surface area contributed by atoms with E-state index >= 15 is 0 Å². The number of hydrogen-bond donors (Lipinski definition) is 1. The molecule has 0 aromatic carbocycles. The minimum Gasteiger partial charge on any atom is -0.355 e. The summed E-state index contributed by atoms with van der Waals surface area (Å²) in [6, 6.07) is 1.92. The Morgan fingerprint density at radius 3 is 2.81 bits per heavy atom. The first kappa shape index (κ1) is 11.7. The summed E-state index contributed by atoms with van der Waals surface area (Å²) >= 11 is 6.23. The molecule has 3 nitrogen and oxygen atoms in total. The van der Waals surface area contributed by atoms with Gasteiger partial charge in [-0.05, 0) is 37.3 Å². The van der Waals surface area contributed by atoms with E-state index in [2.05, 4.69) is 16.8 Å². The smallest absolute Gasteiger partial charge is 0.147 e. The second kappa shape index (κ2) is 5.02. The van der Waals surface area contributed by atoms with Crippen molar-refractivity contribution in [3.63, 3.8) is 0 Å². The number of pyridine rings is 1. The Labute approximate surface area is 102 Å². The summed E-state index contributed by atoms with van der Waals surface area (Å²) in [5.41, 5.74) is 6.54. The van der Waals surface area contributed by atoms with Crippen LogP contribution in [0.1, 0.15) is 25.3 Å². The Morgan fingerprint density at radius 2 is 2.31 bits per heavy atom. The quantitative estimate of drug-likeness (QED) is 0.858. The molecule has 0 atom stereocenters. The van der Waals surface area contributed by atoms with Crippen molar-refractivity contribution >= 4 is 17.4 Å². The summed E-state index contributed by atoms with van der Waals surface area (Å²) in [6.45, 7) is 4.65. The number of rotatable bonds is 5. The highest BCUT2D eigenvalue weighted by Crippen LogP contribution is 2.32. The maximum Gasteiger partial charge on any atom is 0.147 e. The first-order chi connectivity index (χ1) is 7.74. The van der Waals surface area contributed by atoms with Gasteiger partial charge in [-0.15, -0.1) is 0 Å². The van der Waals surface area contributed by atoms with Gasteiger partial charge in [-0.3, -0.25) is 0 Å². The normalized spacial score (nSPS) is 15.2. The lowest BCUT2D eigenvalue weighted by Crippen LogP contribution is -2.26. The van der Waals surface area contributed by atoms with Crippen molar-refractivity contribution in [2.75, 3.05) is 18.0 Å². The molecule has 0 spiro atoms. The van der Waals surface area contributed by atoms with Crippen molar-refractivity contribution in [1.29, 1.82) is 0 Å². The van der Waals surface area contributed by atoms with E-state index in [-0.39, 0.29) is 0 Å². The van der Waals surface area contributed by atoms with Crippen LogP contribution in [0.25, 0.3) is 0 Å². The van der Waals surface area contributed by atoms with Crippen LogP contribution in [0, 0.1) is 5.92 Å². The Bertz CT molecular complexity index is 363. The maximum absolute atomic E-state index is 6.23. The third-order valence-electron chi connectivity index (χ3n) is 2.97. The van der Waals surface area contributed by atoms with Crippen molar-refractivity contribution in [2.45, 2.75) is 26.3 Å². The van der Waals surface area contributed by atoms with Gasteiger partial charge in [0.2, 0.25) is 0 Å². The second-order valence-corrected chi connectivity index (χ2v) is 4.74. The van der Waals surface area contributed by atoms with Gasteiger partial charge in [-0.1, -0.05) is 11.6 Å². The van der Waals surface area contributed by atoms with Gasteiger partial charge in [-0.25, -0.2) is 4.98 Å². The minimum atomic E-state index is 0.488. The predicted octanol–water partition coefficient (Wildman–Crippen LogP) is 2.43. The van der Waals surface area contributed by atoms with Crippen LogP contribution >= 0.6 is 11.6 Å². The maximum atomic E-state index is 6.23. The van der Waals surface area contributed by atoms with Crippen LogP contribution in [-0.2, 0) is 6.54 Å². The molecule has 1 fully saturated rings. The topological polar surface area (TPSA) is 42.2 Å². The molecule has 0 bridgehead atoms. The fourth-order valence-electron chi connectivity index (χ4n) is 1.79. The van der Waals surface area contributed by atoms with Crippen LogP contribution in [0.2, 0.25) is 5.02 Å². The number of hydrogen-bond acceptors (Lipinski definition) is 3. The van der Waals surface area contributed by atoms with Gasteiger partial charge in [-0.2, -0.15) is 0 Å². The SMILES string of the molecule is CCN(CC1CC1)c1ncc(CN)cc1Cl. The highest BCUT2D eigenvalue weighted by atomic mass is 35.5. The van der Waals surface area contributed by atoms with Gasteiger partial charge >= 0.3 is 0 Å². The summed E-state index contributed by atoms with van der Waals surface area (Å²) in [5.74, 6) is 1.74. The Morgan fingerprint density at radius 1 is 1.56 bits per heavy atom. The van der Waals surface area contributed by atoms with Crippen molar-refractivity contribution in [3.8, 4) is 0 Å². The molecular weight excluding hydrogens is 222 g/mol. The van der Waals surface area contributed by atoms with Crippen molar-refractivity contribution in [1.82, 2.24) is 4.98 Å². The molecule has 1 heterocycles. The molecule has 1 aliphatic rings. The van der Waals surface area contributed by atoms with E-state index < -0.39 is 0 Å². The first-order valence-electron chi connectivity index (χ1n) is 5.84. The number of aromatic nitrogens is 1. The van der Waals surface area contributed by atoms with Crippen molar-refractivity contribution in [2.24, 2.45) is 11.7 Å². The van der Waals surface area contributed by atoms with Gasteiger partial charge in [0.1, 0.15) is 5.82 Å². The highest BCUT2D eigenvalue weighted by Gasteiger charge is 2.25. The Balaban J connectivity index is 2.15. The minimum absolute atomic E-state index is 0.488. The third kappa shape index (κ3) is 2.66. The fourth-order valence-corrected chi connectivity index (χ4v) is 2.10. The molecule has 1 aromatic heterocycles. The average Bonchev–Trinajstić information content (AvgIpc) is 3.10. The van der Waals surface area contributed by atoms with E-state index in [0.29, 0.717) is 11.6 Å². The molecule has 0 radical (unpaired) electrons. The summed E-state index contributed by atoms with van der Waals surface area (Å²) in [6.07, 6.45) is 4.50. The molecule has 1 aliphatic carbocycles. The molecule has 88 valence electrons. The van der Waals surface area contributed by atoms with Crippen LogP contribution in [0.3, 0.4) is 0 Å². The van der Waals surface area contributed by atoms with Crippen LogP contribution in [0.5, 0.6) is 0 Å². The van der Waals surface area contributed by atoms with E-state index in [1.54, 1.807) is 0 Å². The van der Waals surface area contributed by atoms with Gasteiger partial charge in [0.25, 0.3) is 0 Å². The summed E-state index contributed by atoms with van der Waals surface area (Å²) in [7, 11) is 0. The molecule has 0 aliphatic heterocycles. The molecule has 16 heavy (non-hydrogen) atoms. The Kier molecular flexibility index (Phi) is 3.66. The molecule has 0 amide bonds. The molecule has 0 unspecified atom stereocenters. The molecule has 0 saturated heterocycles. The van der Waals surface area contributed by atoms with Crippen molar-refractivity contribution < 1.29 is 0 Å². The highest BCUT2D eigenvalue weighted by molar-refractivity contribution is 6.33. The van der Waals surface area contributed by atoms with E-state index in [9.17, 15) is 0 Å². The molecule has 1 aromatic rings. The lowest BCUT2D eigenvalue weighted by molar-refractivity contribution is 0.731. The first-order valence-corrected chi connectivity index (χ1v) is 6.21. The average molecular weight is 240 g/mol. The molecule has 1 saturated carbocycles. The van der Waals surface area contributed by atoms with Crippen molar-refractivity contribution in [3.05, 3.63) is 22.8 Å². The second-order valence-electron chi connectivity index (χ2n) is 4.34. The summed E-state index contributed by atoms with van der Waals surface area (Å²) in [4.78, 5) is 6.67. The summed E-state index contributed by atoms with van der Waals surface area (Å²) in [5, 5.41) is 0.713. The lowest BCUT2D eigenvalue weighted by atomic mass is 10.2. The standard InChI is InChI=1S/C12H18ClN3/c1-2-16(8-9-3-4-9)12-11(13)5-10(6-14)7-15-12/h5,7,9H,2-4,6,8,14H2,1H3. The van der Waals surface area contributed by atoms with Crippen LogP contribution in [0.15, 0.2) is 12.3 Å². The zero-order valence-electron chi connectivity index (χ0n) is 9.62. The lowest BCUT2D eigenvalue weighted by Gasteiger charge is -2.23. The van der Waals surface area contributed by atoms with E-state index in [1.165, 1.54) is 12.8 Å². The zero-order chi connectivity index (χ0) is 11.5. The number of halogens is 1. The number of nitrogens with two attached hydrogens (primary N) is 1. The zero-order valence-corrected chi connectivity index (χ0v) is 10.4. The molecule has 2 N–H and O–H groups in total. The van der Waals surface area contributed by atoms with E-state index in [4.69, 9.17) is 17.3 Å². The van der Waals surface area contributed by atoms with Gasteiger partial charge in [0.15, 0.2) is 0 Å². The van der Waals surface area contributed by atoms with Crippen LogP contribution in [0.4, 0.5) is 5.82 Å². The van der Waals surface area contributed by atoms with Gasteiger partial charge in [0, 0.05) is 25.8 Å². The monoisotopic (exact) mass is 239 g/mol. The largest absolute Gasteiger partial charge is 0.355 e. The fraction of sp³-hybridized carbons (Fsp3) is 0.583. The Hall–Kier alpha value is -0.800. The predicted molar refractivity (Wildman–Crippen MR) is 67.7 cm³/mol. The van der Waals surface area contributed by atoms with Gasteiger partial charge in [0.05, 0.1) is 5.02 Å². The molecular formula is C12H18ClN3. The number of nitrogens with zero attached hydrogens (tertiary/aromatic N) is 2. The van der Waals surface area contributed by atoms with Crippen LogP contribution < -0.4 is 10.6 Å². The van der Waals surface area contributed by atoms with Gasteiger partial charge < -0.3 is 10.6 Å². The third-order valence-corrected chi connectivity index (χ3v) is 3.25. The number of anilines is 1. The molecule has 4 heteroatoms. The molecule has 2 rings (SSSR count). The van der Waals surface area contributed by atoms with E-state index in [1.807, 2.05) is 12.3 Å². The van der Waals surface area contributed by atoms with Crippen LogP contribution in [-0.4, -0.2) is 18.1 Å².